The van der Waals surface area contributed by atoms with Gasteiger partial charge in [0.2, 0.25) is 5.43 Å². The fraction of sp³-hybridized carbons (Fsp3) is 0.385. The molecule has 1 fully saturated rings. The molecule has 0 saturated carbocycles. The van der Waals surface area contributed by atoms with Crippen LogP contribution in [0, 0.1) is 18.6 Å². The lowest BCUT2D eigenvalue weighted by Crippen LogP contribution is -2.55. The van der Waals surface area contributed by atoms with E-state index in [9.17, 15) is 28.3 Å². The van der Waals surface area contributed by atoms with Gasteiger partial charge in [-0.3, -0.25) is 24.1 Å². The number of hydrogen-bond acceptors (Lipinski definition) is 8. The number of fused-ring (bicyclic) bond motifs is 1. The average molecular weight is 529 g/mol. The summed E-state index contributed by atoms with van der Waals surface area (Å²) in [5.41, 5.74) is -0.968. The first-order chi connectivity index (χ1) is 18.2. The van der Waals surface area contributed by atoms with Crippen LogP contribution in [0.2, 0.25) is 0 Å². The molecule has 0 spiro atoms. The highest BCUT2D eigenvalue weighted by Crippen LogP contribution is 2.25. The van der Waals surface area contributed by atoms with Gasteiger partial charge in [0.15, 0.2) is 17.2 Å². The number of rotatable bonds is 8. The lowest BCUT2D eigenvalue weighted by Gasteiger charge is -2.40. The number of ether oxygens (including phenoxy) is 1. The van der Waals surface area contributed by atoms with Crippen molar-refractivity contribution in [1.82, 2.24) is 14.7 Å². The van der Waals surface area contributed by atoms with Gasteiger partial charge in [-0.1, -0.05) is 11.2 Å². The summed E-state index contributed by atoms with van der Waals surface area (Å²) in [4.78, 5) is 40.9. The van der Waals surface area contributed by atoms with Crippen LogP contribution in [-0.4, -0.2) is 57.5 Å². The summed E-state index contributed by atoms with van der Waals surface area (Å²) >= 11 is 0. The van der Waals surface area contributed by atoms with Gasteiger partial charge in [-0.25, -0.2) is 8.78 Å². The van der Waals surface area contributed by atoms with E-state index in [1.807, 2.05) is 0 Å². The van der Waals surface area contributed by atoms with Crippen LogP contribution in [0.3, 0.4) is 0 Å². The Morgan fingerprint density at radius 2 is 2.05 bits per heavy atom. The predicted octanol–water partition coefficient (Wildman–Crippen LogP) is 2.67. The zero-order valence-electron chi connectivity index (χ0n) is 20.7. The smallest absolute Gasteiger partial charge is 0.277 e. The van der Waals surface area contributed by atoms with E-state index in [-0.39, 0.29) is 55.5 Å². The maximum Gasteiger partial charge on any atom is 0.277 e. The van der Waals surface area contributed by atoms with Gasteiger partial charge in [0.05, 0.1) is 18.2 Å². The number of carbonyl (C=O) groups is 2. The highest BCUT2D eigenvalue weighted by Gasteiger charge is 2.36. The second-order valence-corrected chi connectivity index (χ2v) is 9.47. The van der Waals surface area contributed by atoms with Crippen molar-refractivity contribution in [3.05, 3.63) is 80.6 Å². The van der Waals surface area contributed by atoms with Crippen molar-refractivity contribution in [3.63, 3.8) is 0 Å². The van der Waals surface area contributed by atoms with Crippen LogP contribution in [0.15, 0.2) is 39.8 Å². The molecular weight excluding hydrogens is 502 g/mol. The van der Waals surface area contributed by atoms with Crippen molar-refractivity contribution in [3.8, 4) is 5.75 Å². The Morgan fingerprint density at radius 3 is 2.74 bits per heavy atom. The Kier molecular flexibility index (Phi) is 6.98. The number of halogens is 2. The van der Waals surface area contributed by atoms with Gasteiger partial charge < -0.3 is 19.3 Å². The summed E-state index contributed by atoms with van der Waals surface area (Å²) in [6.07, 6.45) is 2.37. The molecule has 0 bridgehead atoms. The minimum absolute atomic E-state index is 0.0777. The number of aromatic hydroxyl groups is 1. The maximum atomic E-state index is 14.0. The molecule has 0 unspecified atom stereocenters. The highest BCUT2D eigenvalue weighted by molar-refractivity contribution is 6.00. The van der Waals surface area contributed by atoms with Gasteiger partial charge in [-0.05, 0) is 37.8 Å². The SMILES string of the molecule is Cc1cc(CN2CN(C[C@@H]3CCCO3)C(=O)c3c(O)c(=O)c(C(=O)CCc4ccc(F)cc4F)cn32)no1. The maximum absolute atomic E-state index is 14.0. The molecule has 0 radical (unpaired) electrons. The van der Waals surface area contributed by atoms with E-state index in [1.165, 1.54) is 21.8 Å². The fourth-order valence-corrected chi connectivity index (χ4v) is 4.78. The Balaban J connectivity index is 1.47. The van der Waals surface area contributed by atoms with Crippen LogP contribution in [0.1, 0.15) is 57.1 Å². The molecule has 1 N–H and O–H groups in total. The number of Topliss-reactive ketones (excluding diaryl/α,β-unsaturated/α-hetero) is 1. The number of aryl methyl sites for hydroxylation is 2. The van der Waals surface area contributed by atoms with Crippen molar-refractivity contribution in [1.29, 1.82) is 0 Å². The van der Waals surface area contributed by atoms with Crippen LogP contribution in [0.25, 0.3) is 0 Å². The third-order valence-electron chi connectivity index (χ3n) is 6.70. The highest BCUT2D eigenvalue weighted by atomic mass is 19.1. The molecule has 3 aromatic rings. The fourth-order valence-electron chi connectivity index (χ4n) is 4.78. The molecule has 1 saturated heterocycles. The molecule has 38 heavy (non-hydrogen) atoms. The lowest BCUT2D eigenvalue weighted by molar-refractivity contribution is 0.0454. The number of benzene rings is 1. The van der Waals surface area contributed by atoms with E-state index < -0.39 is 34.5 Å². The number of aromatic nitrogens is 2. The Morgan fingerprint density at radius 1 is 1.24 bits per heavy atom. The van der Waals surface area contributed by atoms with E-state index in [2.05, 4.69) is 5.16 Å². The standard InChI is InChI=1S/C26H26F2N4O6/c1-15-9-18(29-38-15)11-31-14-30(12-19-3-2-8-37-19)26(36)23-25(35)24(34)20(13-32(23)31)22(33)7-5-16-4-6-17(27)10-21(16)28/h4,6,9-10,13,19,35H,2-3,5,7-8,11-12,14H2,1H3/t19-/m0/s1. The molecule has 12 heteroatoms. The summed E-state index contributed by atoms with van der Waals surface area (Å²) in [5.74, 6) is -3.04. The normalized spacial score (nSPS) is 17.2. The number of carbonyl (C=O) groups excluding carboxylic acids is 2. The molecule has 1 aromatic carbocycles. The van der Waals surface area contributed by atoms with Crippen LogP contribution in [-0.2, 0) is 17.7 Å². The van der Waals surface area contributed by atoms with Gasteiger partial charge in [0.25, 0.3) is 5.91 Å². The van der Waals surface area contributed by atoms with Gasteiger partial charge in [0, 0.05) is 37.9 Å². The van der Waals surface area contributed by atoms with Gasteiger partial charge >= 0.3 is 0 Å². The average Bonchev–Trinajstić information content (AvgIpc) is 3.54. The van der Waals surface area contributed by atoms with E-state index in [4.69, 9.17) is 9.26 Å². The molecule has 200 valence electrons. The Hall–Kier alpha value is -4.06. The van der Waals surface area contributed by atoms with Gasteiger partial charge in [-0.15, -0.1) is 0 Å². The summed E-state index contributed by atoms with van der Waals surface area (Å²) < 4.78 is 39.3. The third-order valence-corrected chi connectivity index (χ3v) is 6.70. The molecule has 1 amide bonds. The lowest BCUT2D eigenvalue weighted by atomic mass is 10.0. The molecule has 2 aromatic heterocycles. The summed E-state index contributed by atoms with van der Waals surface area (Å²) in [5, 5.41) is 16.5. The topological polar surface area (TPSA) is 118 Å². The first kappa shape index (κ1) is 25.6. The van der Waals surface area contributed by atoms with E-state index >= 15 is 0 Å². The Labute approximate surface area is 216 Å². The molecule has 4 heterocycles. The van der Waals surface area contributed by atoms with Crippen molar-refractivity contribution < 1.29 is 32.7 Å². The molecule has 10 nitrogen and oxygen atoms in total. The van der Waals surface area contributed by atoms with Crippen LogP contribution < -0.4 is 10.4 Å². The van der Waals surface area contributed by atoms with Crippen LogP contribution in [0.5, 0.6) is 5.75 Å². The van der Waals surface area contributed by atoms with Crippen LogP contribution in [0.4, 0.5) is 8.78 Å². The van der Waals surface area contributed by atoms with E-state index in [1.54, 1.807) is 18.0 Å². The molecule has 2 aliphatic heterocycles. The largest absolute Gasteiger partial charge is 0.502 e. The van der Waals surface area contributed by atoms with E-state index in [0.717, 1.165) is 25.0 Å². The first-order valence-corrected chi connectivity index (χ1v) is 12.3. The molecule has 0 aliphatic carbocycles. The second kappa shape index (κ2) is 10.4. The number of ketones is 1. The third kappa shape index (κ3) is 5.03. The van der Waals surface area contributed by atoms with Crippen LogP contribution >= 0.6 is 0 Å². The van der Waals surface area contributed by atoms with Crippen molar-refractivity contribution in [2.75, 3.05) is 24.8 Å². The molecule has 5 rings (SSSR count). The first-order valence-electron chi connectivity index (χ1n) is 12.3. The number of nitrogens with zero attached hydrogens (tertiary/aromatic N) is 4. The van der Waals surface area contributed by atoms with E-state index in [0.29, 0.717) is 18.1 Å². The number of amides is 1. The van der Waals surface area contributed by atoms with Crippen molar-refractivity contribution in [2.45, 2.75) is 45.3 Å². The molecule has 1 atom stereocenters. The van der Waals surface area contributed by atoms with Crippen molar-refractivity contribution in [2.24, 2.45) is 0 Å². The summed E-state index contributed by atoms with van der Waals surface area (Å²) in [6, 6.07) is 4.75. The van der Waals surface area contributed by atoms with Crippen molar-refractivity contribution >= 4 is 11.7 Å². The summed E-state index contributed by atoms with van der Waals surface area (Å²) in [7, 11) is 0. The van der Waals surface area contributed by atoms with Gasteiger partial charge in [0.1, 0.15) is 29.8 Å². The number of hydrogen-bond donors (Lipinski definition) is 1. The molecule has 2 aliphatic rings. The minimum atomic E-state index is -0.995. The van der Waals surface area contributed by atoms with Gasteiger partial charge in [-0.2, -0.15) is 0 Å². The summed E-state index contributed by atoms with van der Waals surface area (Å²) in [6.45, 7) is 2.83. The predicted molar refractivity (Wildman–Crippen MR) is 129 cm³/mol. The Bertz CT molecular complexity index is 1450. The zero-order chi connectivity index (χ0) is 27.0. The monoisotopic (exact) mass is 528 g/mol. The minimum Gasteiger partial charge on any atom is -0.502 e. The zero-order valence-corrected chi connectivity index (χ0v) is 20.7. The quantitative estimate of drug-likeness (QED) is 0.444. The molecular formula is C26H26F2N4O6. The second-order valence-electron chi connectivity index (χ2n) is 9.47. The number of pyridine rings is 1.